The van der Waals surface area contributed by atoms with Crippen LogP contribution in [0.2, 0.25) is 0 Å². The Kier molecular flexibility index (Phi) is 5.83. The number of aromatic amines is 1. The van der Waals surface area contributed by atoms with Crippen LogP contribution in [0.25, 0.3) is 0 Å². The molecular formula is C11H19N5O2. The fraction of sp³-hybridized carbons (Fsp3) is 0.636. The third-order valence-corrected chi connectivity index (χ3v) is 2.32. The zero-order valence-corrected chi connectivity index (χ0v) is 10.8. The van der Waals surface area contributed by atoms with Gasteiger partial charge in [0.25, 0.3) is 5.91 Å². The number of amides is 2. The molecule has 18 heavy (non-hydrogen) atoms. The Morgan fingerprint density at radius 2 is 2.17 bits per heavy atom. The van der Waals surface area contributed by atoms with Gasteiger partial charge in [0.1, 0.15) is 0 Å². The number of hydrogen-bond donors (Lipinski definition) is 2. The molecule has 0 aromatic carbocycles. The maximum Gasteiger partial charge on any atom is 0.276 e. The molecule has 0 unspecified atom stereocenters. The minimum atomic E-state index is -0.280. The molecule has 100 valence electrons. The number of hydrogen-bond acceptors (Lipinski definition) is 4. The van der Waals surface area contributed by atoms with E-state index in [1.807, 2.05) is 13.8 Å². The molecule has 0 saturated carbocycles. The summed E-state index contributed by atoms with van der Waals surface area (Å²) in [6, 6.07) is 0. The molecule has 2 amide bonds. The molecule has 0 radical (unpaired) electrons. The van der Waals surface area contributed by atoms with Gasteiger partial charge in [-0.05, 0) is 12.8 Å². The molecular weight excluding hydrogens is 234 g/mol. The highest BCUT2D eigenvalue weighted by molar-refractivity contribution is 5.94. The van der Waals surface area contributed by atoms with Crippen molar-refractivity contribution in [3.8, 4) is 0 Å². The van der Waals surface area contributed by atoms with Gasteiger partial charge in [0.15, 0.2) is 5.69 Å². The second-order valence-electron chi connectivity index (χ2n) is 3.93. The topological polar surface area (TPSA) is 91.0 Å². The fourth-order valence-electron chi connectivity index (χ4n) is 1.48. The van der Waals surface area contributed by atoms with Gasteiger partial charge in [-0.25, -0.2) is 0 Å². The highest BCUT2D eigenvalue weighted by Gasteiger charge is 2.19. The van der Waals surface area contributed by atoms with E-state index in [2.05, 4.69) is 20.7 Å². The SMILES string of the molecule is CCCNC(=O)CN(CCC)C(=O)c1cn[nH]n1. The monoisotopic (exact) mass is 253 g/mol. The van der Waals surface area contributed by atoms with Crippen molar-refractivity contribution in [2.24, 2.45) is 0 Å². The van der Waals surface area contributed by atoms with Crippen LogP contribution < -0.4 is 5.32 Å². The molecule has 1 rings (SSSR count). The van der Waals surface area contributed by atoms with Gasteiger partial charge in [-0.1, -0.05) is 13.8 Å². The van der Waals surface area contributed by atoms with E-state index in [0.717, 1.165) is 12.8 Å². The van der Waals surface area contributed by atoms with E-state index in [1.165, 1.54) is 11.1 Å². The maximum atomic E-state index is 12.0. The molecule has 0 atom stereocenters. The summed E-state index contributed by atoms with van der Waals surface area (Å²) in [6.07, 6.45) is 3.01. The van der Waals surface area contributed by atoms with Crippen molar-refractivity contribution in [2.45, 2.75) is 26.7 Å². The molecule has 7 nitrogen and oxygen atoms in total. The lowest BCUT2D eigenvalue weighted by Crippen LogP contribution is -2.41. The molecule has 0 aliphatic carbocycles. The minimum absolute atomic E-state index is 0.0551. The van der Waals surface area contributed by atoms with Gasteiger partial charge in [-0.15, -0.1) is 0 Å². The van der Waals surface area contributed by atoms with E-state index in [1.54, 1.807) is 0 Å². The molecule has 2 N–H and O–H groups in total. The Bertz CT molecular complexity index is 377. The van der Waals surface area contributed by atoms with Crippen LogP contribution in [-0.4, -0.2) is 51.8 Å². The number of aromatic nitrogens is 3. The fourth-order valence-corrected chi connectivity index (χ4v) is 1.48. The highest BCUT2D eigenvalue weighted by atomic mass is 16.2. The largest absolute Gasteiger partial charge is 0.355 e. The van der Waals surface area contributed by atoms with Crippen LogP contribution in [0.5, 0.6) is 0 Å². The van der Waals surface area contributed by atoms with Crippen LogP contribution >= 0.6 is 0 Å². The molecule has 1 aromatic heterocycles. The lowest BCUT2D eigenvalue weighted by molar-refractivity contribution is -0.121. The van der Waals surface area contributed by atoms with Crippen molar-refractivity contribution in [3.63, 3.8) is 0 Å². The van der Waals surface area contributed by atoms with Crippen molar-refractivity contribution in [2.75, 3.05) is 19.6 Å². The van der Waals surface area contributed by atoms with Gasteiger partial charge >= 0.3 is 0 Å². The lowest BCUT2D eigenvalue weighted by atomic mass is 10.3. The first-order valence-electron chi connectivity index (χ1n) is 6.10. The normalized spacial score (nSPS) is 10.1. The van der Waals surface area contributed by atoms with Gasteiger partial charge in [0.05, 0.1) is 12.7 Å². The summed E-state index contributed by atoms with van der Waals surface area (Å²) in [5.74, 6) is -0.431. The summed E-state index contributed by atoms with van der Waals surface area (Å²) < 4.78 is 0. The van der Waals surface area contributed by atoms with Crippen LogP contribution in [0.1, 0.15) is 37.2 Å². The van der Waals surface area contributed by atoms with Crippen LogP contribution in [0.3, 0.4) is 0 Å². The molecule has 0 spiro atoms. The molecule has 1 aromatic rings. The van der Waals surface area contributed by atoms with Crippen molar-refractivity contribution >= 4 is 11.8 Å². The molecule has 0 aliphatic rings. The summed E-state index contributed by atoms with van der Waals surface area (Å²) in [4.78, 5) is 25.1. The summed E-state index contributed by atoms with van der Waals surface area (Å²) in [7, 11) is 0. The second-order valence-corrected chi connectivity index (χ2v) is 3.93. The Hall–Kier alpha value is -1.92. The van der Waals surface area contributed by atoms with Gasteiger partial charge in [0, 0.05) is 13.1 Å². The van der Waals surface area contributed by atoms with Crippen LogP contribution in [0.4, 0.5) is 0 Å². The summed E-state index contributed by atoms with van der Waals surface area (Å²) in [5, 5.41) is 12.5. The Labute approximate surface area is 106 Å². The van der Waals surface area contributed by atoms with Gasteiger partial charge < -0.3 is 10.2 Å². The number of rotatable bonds is 7. The maximum absolute atomic E-state index is 12.0. The molecule has 7 heteroatoms. The lowest BCUT2D eigenvalue weighted by Gasteiger charge is -2.20. The van der Waals surface area contributed by atoms with Gasteiger partial charge in [-0.3, -0.25) is 9.59 Å². The van der Waals surface area contributed by atoms with E-state index in [-0.39, 0.29) is 24.1 Å². The summed E-state index contributed by atoms with van der Waals surface area (Å²) >= 11 is 0. The highest BCUT2D eigenvalue weighted by Crippen LogP contribution is 2.00. The minimum Gasteiger partial charge on any atom is -0.355 e. The predicted molar refractivity (Wildman–Crippen MR) is 65.9 cm³/mol. The first-order valence-corrected chi connectivity index (χ1v) is 6.10. The zero-order valence-electron chi connectivity index (χ0n) is 10.8. The number of nitrogens with zero attached hydrogens (tertiary/aromatic N) is 3. The standard InChI is InChI=1S/C11H19N5O2/c1-3-5-12-10(17)8-16(6-4-2)11(18)9-7-13-15-14-9/h7H,3-6,8H2,1-2H3,(H,12,17)(H,13,14,15). The molecule has 1 heterocycles. The summed E-state index contributed by atoms with van der Waals surface area (Å²) in [6.45, 7) is 5.12. The van der Waals surface area contributed by atoms with Gasteiger partial charge in [0.2, 0.25) is 5.91 Å². The average Bonchev–Trinajstić information content (AvgIpc) is 2.88. The Balaban J connectivity index is 2.59. The van der Waals surface area contributed by atoms with Gasteiger partial charge in [-0.2, -0.15) is 15.4 Å². The third-order valence-electron chi connectivity index (χ3n) is 2.32. The smallest absolute Gasteiger partial charge is 0.276 e. The first kappa shape index (κ1) is 14.1. The number of H-pyrrole nitrogens is 1. The number of carbonyl (C=O) groups excluding carboxylic acids is 2. The number of carbonyl (C=O) groups is 2. The molecule has 0 aliphatic heterocycles. The predicted octanol–water partition coefficient (Wildman–Crippen LogP) is 0.183. The molecule has 0 bridgehead atoms. The van der Waals surface area contributed by atoms with Crippen molar-refractivity contribution < 1.29 is 9.59 Å². The first-order chi connectivity index (χ1) is 8.69. The van der Waals surface area contributed by atoms with E-state index in [9.17, 15) is 9.59 Å². The zero-order chi connectivity index (χ0) is 13.4. The van der Waals surface area contributed by atoms with Crippen LogP contribution in [0.15, 0.2) is 6.20 Å². The molecule has 0 fully saturated rings. The van der Waals surface area contributed by atoms with E-state index in [4.69, 9.17) is 0 Å². The second kappa shape index (κ2) is 7.41. The number of nitrogens with one attached hydrogen (secondary N) is 2. The Morgan fingerprint density at radius 3 is 2.72 bits per heavy atom. The van der Waals surface area contributed by atoms with Crippen LogP contribution in [-0.2, 0) is 4.79 Å². The third kappa shape index (κ3) is 4.15. The van der Waals surface area contributed by atoms with Crippen molar-refractivity contribution in [3.05, 3.63) is 11.9 Å². The average molecular weight is 253 g/mol. The van der Waals surface area contributed by atoms with Crippen molar-refractivity contribution in [1.29, 1.82) is 0 Å². The quantitative estimate of drug-likeness (QED) is 0.725. The van der Waals surface area contributed by atoms with E-state index >= 15 is 0 Å². The summed E-state index contributed by atoms with van der Waals surface area (Å²) in [5.41, 5.74) is 0.228. The Morgan fingerprint density at radius 1 is 1.39 bits per heavy atom. The van der Waals surface area contributed by atoms with E-state index < -0.39 is 0 Å². The van der Waals surface area contributed by atoms with Crippen molar-refractivity contribution in [1.82, 2.24) is 25.6 Å². The molecule has 0 saturated heterocycles. The van der Waals surface area contributed by atoms with E-state index in [0.29, 0.717) is 13.1 Å². The van der Waals surface area contributed by atoms with Crippen LogP contribution in [0, 0.1) is 0 Å².